The number of ketones is 1. The number of hydrogen-bond acceptors (Lipinski definition) is 2. The highest BCUT2D eigenvalue weighted by Crippen LogP contribution is 2.09. The van der Waals surface area contributed by atoms with Crippen molar-refractivity contribution in [2.24, 2.45) is 0 Å². The van der Waals surface area contributed by atoms with Gasteiger partial charge in [-0.25, -0.2) is 0 Å². The van der Waals surface area contributed by atoms with E-state index in [9.17, 15) is 4.79 Å². The fourth-order valence-corrected chi connectivity index (χ4v) is 1.13. The molecule has 0 radical (unpaired) electrons. The molecule has 0 aliphatic rings. The lowest BCUT2D eigenvalue weighted by Gasteiger charge is -2.02. The number of rotatable bonds is 3. The fraction of sp³-hybridized carbons (Fsp3) is 0.300. The van der Waals surface area contributed by atoms with Gasteiger partial charge in [-0.15, -0.1) is 11.6 Å². The molecular formula is C10H11ClO2. The Balaban J connectivity index is 2.86. The maximum absolute atomic E-state index is 11.3. The van der Waals surface area contributed by atoms with Gasteiger partial charge in [-0.2, -0.15) is 0 Å². The summed E-state index contributed by atoms with van der Waals surface area (Å²) in [6.07, 6.45) is 0. The van der Waals surface area contributed by atoms with Crippen molar-refractivity contribution in [3.63, 3.8) is 0 Å². The van der Waals surface area contributed by atoms with Crippen LogP contribution in [0.25, 0.3) is 0 Å². The number of carbonyl (C=O) groups is 1. The Hall–Kier alpha value is -0.860. The predicted octanol–water partition coefficient (Wildman–Crippen LogP) is 1.99. The summed E-state index contributed by atoms with van der Waals surface area (Å²) in [7, 11) is 0. The summed E-state index contributed by atoms with van der Waals surface area (Å²) in [5.74, 6) is -0.0915. The van der Waals surface area contributed by atoms with Gasteiger partial charge in [0.25, 0.3) is 0 Å². The number of alkyl halides is 1. The molecule has 70 valence electrons. The Labute approximate surface area is 82.2 Å². The Morgan fingerprint density at radius 2 is 2.00 bits per heavy atom. The van der Waals surface area contributed by atoms with Crippen molar-refractivity contribution in [3.8, 4) is 0 Å². The maximum atomic E-state index is 11.3. The van der Waals surface area contributed by atoms with E-state index in [-0.39, 0.29) is 12.4 Å². The molecular weight excluding hydrogens is 188 g/mol. The van der Waals surface area contributed by atoms with Gasteiger partial charge in [0.15, 0.2) is 5.78 Å². The van der Waals surface area contributed by atoms with Gasteiger partial charge in [-0.3, -0.25) is 4.79 Å². The molecule has 0 aliphatic carbocycles. The van der Waals surface area contributed by atoms with Crippen LogP contribution in [0.1, 0.15) is 22.8 Å². The van der Waals surface area contributed by atoms with Crippen molar-refractivity contribution in [1.29, 1.82) is 0 Å². The first-order valence-electron chi connectivity index (χ1n) is 4.03. The summed E-state index contributed by atoms with van der Waals surface area (Å²) in [4.78, 5) is 11.3. The SMILES string of the molecule is CC(Cl)C(=O)c1ccc(CO)cc1. The van der Waals surface area contributed by atoms with E-state index >= 15 is 0 Å². The number of aliphatic hydroxyl groups is 1. The Morgan fingerprint density at radius 3 is 2.38 bits per heavy atom. The normalized spacial score (nSPS) is 12.5. The molecule has 1 aromatic rings. The molecule has 1 unspecified atom stereocenters. The zero-order chi connectivity index (χ0) is 9.84. The highest BCUT2D eigenvalue weighted by molar-refractivity contribution is 6.33. The third kappa shape index (κ3) is 2.54. The number of halogens is 1. The van der Waals surface area contributed by atoms with Gasteiger partial charge in [0.05, 0.1) is 12.0 Å². The molecule has 0 spiro atoms. The van der Waals surface area contributed by atoms with Crippen LogP contribution in [0.2, 0.25) is 0 Å². The number of carbonyl (C=O) groups excluding carboxylic acids is 1. The molecule has 13 heavy (non-hydrogen) atoms. The predicted molar refractivity (Wildman–Crippen MR) is 52.0 cm³/mol. The molecule has 0 heterocycles. The smallest absolute Gasteiger partial charge is 0.180 e. The number of aliphatic hydroxyl groups excluding tert-OH is 1. The van der Waals surface area contributed by atoms with Crippen molar-refractivity contribution < 1.29 is 9.90 Å². The lowest BCUT2D eigenvalue weighted by molar-refractivity contribution is 0.0991. The second-order valence-electron chi connectivity index (χ2n) is 2.84. The van der Waals surface area contributed by atoms with Gasteiger partial charge in [-0.05, 0) is 12.5 Å². The van der Waals surface area contributed by atoms with Crippen LogP contribution in [0.3, 0.4) is 0 Å². The van der Waals surface area contributed by atoms with Gasteiger partial charge in [0.2, 0.25) is 0 Å². The van der Waals surface area contributed by atoms with Crippen molar-refractivity contribution in [2.45, 2.75) is 18.9 Å². The molecule has 2 nitrogen and oxygen atoms in total. The highest BCUT2D eigenvalue weighted by Gasteiger charge is 2.11. The number of Topliss-reactive ketones (excluding diaryl/α,β-unsaturated/α-hetero) is 1. The Kier molecular flexibility index (Phi) is 3.46. The number of benzene rings is 1. The minimum Gasteiger partial charge on any atom is -0.392 e. The summed E-state index contributed by atoms with van der Waals surface area (Å²) in [6, 6.07) is 6.78. The third-order valence-electron chi connectivity index (χ3n) is 1.78. The second kappa shape index (κ2) is 4.40. The van der Waals surface area contributed by atoms with E-state index in [2.05, 4.69) is 0 Å². The van der Waals surface area contributed by atoms with Crippen molar-refractivity contribution >= 4 is 17.4 Å². The quantitative estimate of drug-likeness (QED) is 0.596. The van der Waals surface area contributed by atoms with Crippen LogP contribution < -0.4 is 0 Å². The Morgan fingerprint density at radius 1 is 1.46 bits per heavy atom. The molecule has 0 saturated carbocycles. The van der Waals surface area contributed by atoms with E-state index in [1.54, 1.807) is 31.2 Å². The van der Waals surface area contributed by atoms with Crippen LogP contribution in [-0.4, -0.2) is 16.3 Å². The molecule has 1 atom stereocenters. The minimum absolute atomic E-state index is 0.00903. The summed E-state index contributed by atoms with van der Waals surface area (Å²) in [5.41, 5.74) is 1.37. The third-order valence-corrected chi connectivity index (χ3v) is 1.98. The van der Waals surface area contributed by atoms with E-state index in [0.29, 0.717) is 5.56 Å². The molecule has 1 N–H and O–H groups in total. The van der Waals surface area contributed by atoms with E-state index in [4.69, 9.17) is 16.7 Å². The van der Waals surface area contributed by atoms with Gasteiger partial charge in [0.1, 0.15) is 0 Å². The number of hydrogen-bond donors (Lipinski definition) is 1. The second-order valence-corrected chi connectivity index (χ2v) is 3.49. The first-order chi connectivity index (χ1) is 6.15. The first-order valence-corrected chi connectivity index (χ1v) is 4.47. The molecule has 0 aromatic heterocycles. The van der Waals surface area contributed by atoms with Gasteiger partial charge >= 0.3 is 0 Å². The van der Waals surface area contributed by atoms with Crippen LogP contribution in [-0.2, 0) is 6.61 Å². The first kappa shape index (κ1) is 10.2. The molecule has 3 heteroatoms. The lowest BCUT2D eigenvalue weighted by atomic mass is 10.1. The summed E-state index contributed by atoms with van der Waals surface area (Å²) >= 11 is 5.64. The standard InChI is InChI=1S/C10H11ClO2/c1-7(11)10(13)9-4-2-8(6-12)3-5-9/h2-5,7,12H,6H2,1H3. The van der Waals surface area contributed by atoms with Gasteiger partial charge in [-0.1, -0.05) is 24.3 Å². The van der Waals surface area contributed by atoms with Gasteiger partial charge in [0, 0.05) is 5.56 Å². The maximum Gasteiger partial charge on any atom is 0.180 e. The average molecular weight is 199 g/mol. The average Bonchev–Trinajstić information content (AvgIpc) is 2.17. The van der Waals surface area contributed by atoms with Crippen molar-refractivity contribution in [2.75, 3.05) is 0 Å². The zero-order valence-electron chi connectivity index (χ0n) is 7.33. The van der Waals surface area contributed by atoms with Crippen molar-refractivity contribution in [1.82, 2.24) is 0 Å². The van der Waals surface area contributed by atoms with Crippen LogP contribution >= 0.6 is 11.6 Å². The molecule has 1 aromatic carbocycles. The highest BCUT2D eigenvalue weighted by atomic mass is 35.5. The van der Waals surface area contributed by atoms with E-state index < -0.39 is 5.38 Å². The van der Waals surface area contributed by atoms with Crippen LogP contribution in [0.15, 0.2) is 24.3 Å². The lowest BCUT2D eigenvalue weighted by Crippen LogP contribution is -2.10. The van der Waals surface area contributed by atoms with Crippen LogP contribution in [0.4, 0.5) is 0 Å². The van der Waals surface area contributed by atoms with Gasteiger partial charge < -0.3 is 5.11 Å². The fourth-order valence-electron chi connectivity index (χ4n) is 1.00. The topological polar surface area (TPSA) is 37.3 Å². The summed E-state index contributed by atoms with van der Waals surface area (Å²) in [5, 5.41) is 8.27. The minimum atomic E-state index is -0.500. The summed E-state index contributed by atoms with van der Waals surface area (Å²) in [6.45, 7) is 1.63. The monoisotopic (exact) mass is 198 g/mol. The molecule has 0 saturated heterocycles. The molecule has 0 aliphatic heterocycles. The van der Waals surface area contributed by atoms with E-state index in [1.807, 2.05) is 0 Å². The van der Waals surface area contributed by atoms with E-state index in [1.165, 1.54) is 0 Å². The Bertz CT molecular complexity index is 290. The summed E-state index contributed by atoms with van der Waals surface area (Å²) < 4.78 is 0. The molecule has 0 bridgehead atoms. The molecule has 0 fully saturated rings. The van der Waals surface area contributed by atoms with E-state index in [0.717, 1.165) is 5.56 Å². The zero-order valence-corrected chi connectivity index (χ0v) is 8.08. The van der Waals surface area contributed by atoms with Crippen molar-refractivity contribution in [3.05, 3.63) is 35.4 Å². The molecule has 1 rings (SSSR count). The van der Waals surface area contributed by atoms with Crippen LogP contribution in [0.5, 0.6) is 0 Å². The largest absolute Gasteiger partial charge is 0.392 e. The van der Waals surface area contributed by atoms with Crippen LogP contribution in [0, 0.1) is 0 Å². The molecule has 0 amide bonds.